The average Bonchev–Trinajstić information content (AvgIpc) is 2.80. The molecule has 0 spiro atoms. The van der Waals surface area contributed by atoms with Crippen molar-refractivity contribution in [1.29, 1.82) is 0 Å². The highest BCUT2D eigenvalue weighted by Crippen LogP contribution is 2.33. The van der Waals surface area contributed by atoms with E-state index in [0.717, 1.165) is 24.4 Å². The number of carbonyl (C=O) groups is 1. The predicted molar refractivity (Wildman–Crippen MR) is 93.0 cm³/mol. The highest BCUT2D eigenvalue weighted by atomic mass is 16.5. The smallest absolute Gasteiger partial charge is 0.274 e. The lowest BCUT2D eigenvalue weighted by molar-refractivity contribution is 0.0706. The fourth-order valence-electron chi connectivity index (χ4n) is 3.05. The van der Waals surface area contributed by atoms with Gasteiger partial charge in [0.25, 0.3) is 5.91 Å². The van der Waals surface area contributed by atoms with Gasteiger partial charge in [-0.25, -0.2) is 5.48 Å². The van der Waals surface area contributed by atoms with E-state index in [4.69, 9.17) is 14.7 Å². The molecule has 1 heterocycles. The molecule has 1 amide bonds. The molecule has 1 aliphatic heterocycles. The quantitative estimate of drug-likeness (QED) is 0.660. The molecule has 0 aromatic heterocycles. The van der Waals surface area contributed by atoms with Gasteiger partial charge in [0.05, 0.1) is 7.11 Å². The molecule has 1 atom stereocenters. The van der Waals surface area contributed by atoms with Crippen LogP contribution in [0, 0.1) is 0 Å². The summed E-state index contributed by atoms with van der Waals surface area (Å²) < 4.78 is 11.0. The van der Waals surface area contributed by atoms with Gasteiger partial charge in [0, 0.05) is 30.3 Å². The van der Waals surface area contributed by atoms with Gasteiger partial charge in [-0.15, -0.1) is 0 Å². The number of fused-ring (bicyclic) bond motifs is 1. The molecular weight excluding hydrogens is 320 g/mol. The Morgan fingerprint density at radius 2 is 2.08 bits per heavy atom. The van der Waals surface area contributed by atoms with Gasteiger partial charge >= 0.3 is 0 Å². The monoisotopic (exact) mass is 342 g/mol. The Morgan fingerprint density at radius 3 is 2.76 bits per heavy atom. The van der Waals surface area contributed by atoms with Crippen LogP contribution in [0.4, 0.5) is 0 Å². The van der Waals surface area contributed by atoms with E-state index in [9.17, 15) is 4.79 Å². The molecule has 25 heavy (non-hydrogen) atoms. The fourth-order valence-corrected chi connectivity index (χ4v) is 3.05. The molecule has 3 rings (SSSR count). The van der Waals surface area contributed by atoms with Gasteiger partial charge in [-0.2, -0.15) is 0 Å². The molecule has 2 aromatic rings. The zero-order valence-corrected chi connectivity index (χ0v) is 14.4. The van der Waals surface area contributed by atoms with Crippen LogP contribution < -0.4 is 15.0 Å². The fraction of sp³-hybridized carbons (Fsp3) is 0.316. The van der Waals surface area contributed by atoms with Crippen molar-refractivity contribution < 1.29 is 19.5 Å². The molecular formula is C19H22N2O4. The van der Waals surface area contributed by atoms with Crippen LogP contribution in [0.3, 0.4) is 0 Å². The summed E-state index contributed by atoms with van der Waals surface area (Å²) in [4.78, 5) is 13.9. The summed E-state index contributed by atoms with van der Waals surface area (Å²) >= 11 is 0. The molecule has 0 fully saturated rings. The van der Waals surface area contributed by atoms with Crippen molar-refractivity contribution >= 4 is 5.91 Å². The van der Waals surface area contributed by atoms with Gasteiger partial charge in [0.2, 0.25) is 0 Å². The maximum absolute atomic E-state index is 11.6. The molecule has 0 aliphatic carbocycles. The third-order valence-electron chi connectivity index (χ3n) is 4.56. The Hall–Kier alpha value is -2.57. The van der Waals surface area contributed by atoms with Crippen molar-refractivity contribution in [2.75, 3.05) is 20.3 Å². The number of benzene rings is 2. The minimum absolute atomic E-state index is 0.144. The SMILES string of the molecule is COc1ccc(CN2CCOc3cc(C(=O)NO)ccc3[C@H]2C)cc1. The summed E-state index contributed by atoms with van der Waals surface area (Å²) in [7, 11) is 1.66. The molecule has 6 heteroatoms. The van der Waals surface area contributed by atoms with E-state index < -0.39 is 5.91 Å². The van der Waals surface area contributed by atoms with Crippen LogP contribution in [0.5, 0.6) is 11.5 Å². The standard InChI is InChI=1S/C19H22N2O4/c1-13-17-8-5-15(19(22)20-23)11-18(17)25-10-9-21(13)12-14-3-6-16(24-2)7-4-14/h3-8,11,13,23H,9-10,12H2,1-2H3,(H,20,22)/t13-/m1/s1. The van der Waals surface area contributed by atoms with E-state index in [1.807, 2.05) is 18.2 Å². The Kier molecular flexibility index (Phi) is 5.21. The summed E-state index contributed by atoms with van der Waals surface area (Å²) in [5.41, 5.74) is 4.25. The van der Waals surface area contributed by atoms with Crippen LogP contribution >= 0.6 is 0 Å². The maximum Gasteiger partial charge on any atom is 0.274 e. The first-order valence-electron chi connectivity index (χ1n) is 8.20. The maximum atomic E-state index is 11.6. The van der Waals surface area contributed by atoms with Crippen LogP contribution in [0.25, 0.3) is 0 Å². The highest BCUT2D eigenvalue weighted by Gasteiger charge is 2.24. The van der Waals surface area contributed by atoms with E-state index in [1.165, 1.54) is 5.56 Å². The summed E-state index contributed by atoms with van der Waals surface area (Å²) in [5.74, 6) is 0.986. The number of amides is 1. The molecule has 0 bridgehead atoms. The van der Waals surface area contributed by atoms with E-state index in [-0.39, 0.29) is 6.04 Å². The average molecular weight is 342 g/mol. The van der Waals surface area contributed by atoms with Crippen LogP contribution in [0.15, 0.2) is 42.5 Å². The van der Waals surface area contributed by atoms with Gasteiger partial charge in [-0.1, -0.05) is 18.2 Å². The molecule has 6 nitrogen and oxygen atoms in total. The molecule has 0 radical (unpaired) electrons. The molecule has 0 unspecified atom stereocenters. The van der Waals surface area contributed by atoms with Crippen molar-refractivity contribution in [3.05, 3.63) is 59.2 Å². The summed E-state index contributed by atoms with van der Waals surface area (Å²) in [6.07, 6.45) is 0. The van der Waals surface area contributed by atoms with E-state index in [0.29, 0.717) is 17.9 Å². The molecule has 2 N–H and O–H groups in total. The summed E-state index contributed by atoms with van der Waals surface area (Å²) in [6.45, 7) is 4.25. The van der Waals surface area contributed by atoms with Crippen molar-refractivity contribution in [3.63, 3.8) is 0 Å². The number of hydrogen-bond acceptors (Lipinski definition) is 5. The first-order chi connectivity index (χ1) is 12.1. The van der Waals surface area contributed by atoms with E-state index in [1.54, 1.807) is 24.7 Å². The third-order valence-corrected chi connectivity index (χ3v) is 4.56. The van der Waals surface area contributed by atoms with Crippen molar-refractivity contribution in [3.8, 4) is 11.5 Å². The van der Waals surface area contributed by atoms with Crippen molar-refractivity contribution in [1.82, 2.24) is 10.4 Å². The Labute approximate surface area is 146 Å². The van der Waals surface area contributed by atoms with Gasteiger partial charge in [-0.3, -0.25) is 14.9 Å². The van der Waals surface area contributed by atoms with Gasteiger partial charge in [0.15, 0.2) is 0 Å². The molecule has 0 saturated heterocycles. The number of nitrogens with one attached hydrogen (secondary N) is 1. The molecule has 1 aliphatic rings. The van der Waals surface area contributed by atoms with Crippen LogP contribution in [0.2, 0.25) is 0 Å². The predicted octanol–water partition coefficient (Wildman–Crippen LogP) is 2.77. The number of hydrogen-bond donors (Lipinski definition) is 2. The zero-order chi connectivity index (χ0) is 17.8. The van der Waals surface area contributed by atoms with Crippen LogP contribution in [0.1, 0.15) is 34.5 Å². The molecule has 0 saturated carbocycles. The Morgan fingerprint density at radius 1 is 1.32 bits per heavy atom. The highest BCUT2D eigenvalue weighted by molar-refractivity contribution is 5.93. The lowest BCUT2D eigenvalue weighted by atomic mass is 10.0. The number of hydroxylamine groups is 1. The minimum atomic E-state index is -0.543. The number of methoxy groups -OCH3 is 1. The second-order valence-electron chi connectivity index (χ2n) is 6.04. The van der Waals surface area contributed by atoms with Gasteiger partial charge in [0.1, 0.15) is 18.1 Å². The molecule has 2 aromatic carbocycles. The van der Waals surface area contributed by atoms with Gasteiger partial charge in [-0.05, 0) is 36.8 Å². The van der Waals surface area contributed by atoms with Crippen LogP contribution in [-0.4, -0.2) is 36.3 Å². The van der Waals surface area contributed by atoms with E-state index >= 15 is 0 Å². The number of rotatable bonds is 4. The summed E-state index contributed by atoms with van der Waals surface area (Å²) in [5, 5.41) is 8.79. The largest absolute Gasteiger partial charge is 0.497 e. The number of nitrogens with zero attached hydrogens (tertiary/aromatic N) is 1. The number of carbonyl (C=O) groups excluding carboxylic acids is 1. The first kappa shape index (κ1) is 17.3. The second kappa shape index (κ2) is 7.55. The Balaban J connectivity index is 1.80. The number of ether oxygens (including phenoxy) is 2. The topological polar surface area (TPSA) is 71.0 Å². The second-order valence-corrected chi connectivity index (χ2v) is 6.04. The van der Waals surface area contributed by atoms with Gasteiger partial charge < -0.3 is 9.47 Å². The Bertz CT molecular complexity index is 746. The van der Waals surface area contributed by atoms with Crippen molar-refractivity contribution in [2.45, 2.75) is 19.5 Å². The first-order valence-corrected chi connectivity index (χ1v) is 8.20. The lowest BCUT2D eigenvalue weighted by Gasteiger charge is -2.27. The van der Waals surface area contributed by atoms with Crippen molar-refractivity contribution in [2.24, 2.45) is 0 Å². The normalized spacial score (nSPS) is 17.2. The third kappa shape index (κ3) is 3.75. The van der Waals surface area contributed by atoms with Crippen LogP contribution in [-0.2, 0) is 6.54 Å². The minimum Gasteiger partial charge on any atom is -0.497 e. The molecule has 132 valence electrons. The summed E-state index contributed by atoms with van der Waals surface area (Å²) in [6, 6.07) is 13.4. The lowest BCUT2D eigenvalue weighted by Crippen LogP contribution is -2.28. The zero-order valence-electron chi connectivity index (χ0n) is 14.4. The van der Waals surface area contributed by atoms with E-state index in [2.05, 4.69) is 24.0 Å².